The normalized spacial score (nSPS) is 15.4. The fraction of sp³-hybridized carbons (Fsp3) is 0.136. The molecule has 5 nitrogen and oxygen atoms in total. The second-order valence-electron chi connectivity index (χ2n) is 7.09. The van der Waals surface area contributed by atoms with Crippen LogP contribution in [0.25, 0.3) is 0 Å². The molecule has 0 fully saturated rings. The number of carbonyl (C=O) groups is 2. The minimum atomic E-state index is -4.81. The molecule has 1 aliphatic heterocycles. The van der Waals surface area contributed by atoms with Crippen molar-refractivity contribution in [3.63, 3.8) is 0 Å². The Morgan fingerprint density at radius 2 is 1.87 bits per heavy atom. The molecule has 2 amide bonds. The molecular formula is C22H15F4N3O2. The number of rotatable bonds is 3. The smallest absolute Gasteiger partial charge is 0.341 e. The van der Waals surface area contributed by atoms with Gasteiger partial charge in [0, 0.05) is 17.3 Å². The van der Waals surface area contributed by atoms with E-state index in [2.05, 4.69) is 15.6 Å². The molecule has 9 heteroatoms. The minimum Gasteiger partial charge on any atom is -0.341 e. The topological polar surface area (TPSA) is 71.1 Å². The molecule has 31 heavy (non-hydrogen) atoms. The third-order valence-corrected chi connectivity index (χ3v) is 5.03. The first-order valence-electron chi connectivity index (χ1n) is 9.18. The van der Waals surface area contributed by atoms with Gasteiger partial charge in [0.15, 0.2) is 0 Å². The maximum atomic E-state index is 13.7. The fourth-order valence-electron chi connectivity index (χ4n) is 3.57. The Balaban J connectivity index is 1.74. The van der Waals surface area contributed by atoms with Crippen molar-refractivity contribution in [1.82, 2.24) is 10.3 Å². The highest BCUT2D eigenvalue weighted by atomic mass is 19.4. The van der Waals surface area contributed by atoms with Gasteiger partial charge in [-0.15, -0.1) is 0 Å². The molecule has 0 bridgehead atoms. The van der Waals surface area contributed by atoms with E-state index >= 15 is 0 Å². The standard InChI is InChI=1S/C22H15F4N3O2/c1-11-4-2-3-5-15(11)19-18-16(21(31)29-19)9-27-10-17(18)28-20(30)12-6-13(22(24,25)26)8-14(23)7-12/h2-10,19H,1H3,(H,28,30)(H,29,31). The van der Waals surface area contributed by atoms with Gasteiger partial charge in [-0.3, -0.25) is 14.6 Å². The first-order valence-corrected chi connectivity index (χ1v) is 9.18. The second-order valence-corrected chi connectivity index (χ2v) is 7.09. The third kappa shape index (κ3) is 3.86. The molecule has 4 rings (SSSR count). The lowest BCUT2D eigenvalue weighted by atomic mass is 9.95. The molecular weight excluding hydrogens is 414 g/mol. The van der Waals surface area contributed by atoms with Crippen molar-refractivity contribution in [3.8, 4) is 0 Å². The van der Waals surface area contributed by atoms with E-state index < -0.39 is 41.0 Å². The van der Waals surface area contributed by atoms with Crippen LogP contribution in [0, 0.1) is 12.7 Å². The van der Waals surface area contributed by atoms with Crippen molar-refractivity contribution < 1.29 is 27.2 Å². The lowest BCUT2D eigenvalue weighted by Gasteiger charge is -2.18. The number of halogens is 4. The number of anilines is 1. The van der Waals surface area contributed by atoms with Gasteiger partial charge in [-0.25, -0.2) is 4.39 Å². The summed E-state index contributed by atoms with van der Waals surface area (Å²) in [5.41, 5.74) is 0.734. The number of aryl methyl sites for hydroxylation is 1. The van der Waals surface area contributed by atoms with Gasteiger partial charge in [0.05, 0.1) is 29.1 Å². The van der Waals surface area contributed by atoms with E-state index in [1.807, 2.05) is 25.1 Å². The number of aromatic nitrogens is 1. The molecule has 0 aliphatic carbocycles. The van der Waals surface area contributed by atoms with Gasteiger partial charge in [0.1, 0.15) is 5.82 Å². The van der Waals surface area contributed by atoms with E-state index in [-0.39, 0.29) is 11.3 Å². The molecule has 2 aromatic carbocycles. The van der Waals surface area contributed by atoms with Crippen molar-refractivity contribution in [1.29, 1.82) is 0 Å². The summed E-state index contributed by atoms with van der Waals surface area (Å²) < 4.78 is 52.7. The number of pyridine rings is 1. The van der Waals surface area contributed by atoms with Crippen molar-refractivity contribution >= 4 is 17.5 Å². The maximum Gasteiger partial charge on any atom is 0.416 e. The van der Waals surface area contributed by atoms with Crippen molar-refractivity contribution in [3.05, 3.63) is 94.1 Å². The average Bonchev–Trinajstić information content (AvgIpc) is 3.05. The quantitative estimate of drug-likeness (QED) is 0.597. The molecule has 0 saturated carbocycles. The van der Waals surface area contributed by atoms with E-state index in [9.17, 15) is 27.2 Å². The van der Waals surface area contributed by atoms with Crippen LogP contribution in [0.2, 0.25) is 0 Å². The van der Waals surface area contributed by atoms with Crippen LogP contribution in [0.15, 0.2) is 54.9 Å². The second kappa shape index (κ2) is 7.50. The Hall–Kier alpha value is -3.75. The minimum absolute atomic E-state index is 0.145. The summed E-state index contributed by atoms with van der Waals surface area (Å²) in [7, 11) is 0. The molecule has 0 radical (unpaired) electrons. The number of hydrogen-bond acceptors (Lipinski definition) is 3. The summed E-state index contributed by atoms with van der Waals surface area (Å²) in [5.74, 6) is -2.54. The summed E-state index contributed by atoms with van der Waals surface area (Å²) in [6.45, 7) is 1.87. The Bertz CT molecular complexity index is 1210. The predicted octanol–water partition coefficient (Wildman–Crippen LogP) is 4.63. The fourth-order valence-corrected chi connectivity index (χ4v) is 3.57. The molecule has 1 aromatic heterocycles. The number of benzene rings is 2. The zero-order chi connectivity index (χ0) is 22.3. The van der Waals surface area contributed by atoms with Crippen molar-refractivity contribution in [2.24, 2.45) is 0 Å². The van der Waals surface area contributed by atoms with Crippen LogP contribution >= 0.6 is 0 Å². The third-order valence-electron chi connectivity index (χ3n) is 5.03. The number of hydrogen-bond donors (Lipinski definition) is 2. The van der Waals surface area contributed by atoms with Crippen LogP contribution in [0.5, 0.6) is 0 Å². The van der Waals surface area contributed by atoms with Crippen LogP contribution in [0.1, 0.15) is 49.0 Å². The summed E-state index contributed by atoms with van der Waals surface area (Å²) in [6, 6.07) is 8.34. The van der Waals surface area contributed by atoms with Gasteiger partial charge in [-0.2, -0.15) is 13.2 Å². The van der Waals surface area contributed by atoms with E-state index in [0.717, 1.165) is 11.1 Å². The molecule has 3 aromatic rings. The maximum absolute atomic E-state index is 13.7. The van der Waals surface area contributed by atoms with Gasteiger partial charge in [0.2, 0.25) is 0 Å². The van der Waals surface area contributed by atoms with Crippen LogP contribution in [-0.2, 0) is 6.18 Å². The Labute approximate surface area is 174 Å². The number of nitrogens with one attached hydrogen (secondary N) is 2. The monoisotopic (exact) mass is 429 g/mol. The van der Waals surface area contributed by atoms with Crippen molar-refractivity contribution in [2.45, 2.75) is 19.1 Å². The molecule has 0 saturated heterocycles. The molecule has 2 N–H and O–H groups in total. The molecule has 1 atom stereocenters. The number of fused-ring (bicyclic) bond motifs is 1. The van der Waals surface area contributed by atoms with Gasteiger partial charge >= 0.3 is 6.18 Å². The Morgan fingerprint density at radius 3 is 2.58 bits per heavy atom. The number of nitrogens with zero attached hydrogens (tertiary/aromatic N) is 1. The number of carbonyl (C=O) groups excluding carboxylic acids is 2. The zero-order valence-electron chi connectivity index (χ0n) is 16.0. The summed E-state index contributed by atoms with van der Waals surface area (Å²) >= 11 is 0. The molecule has 0 spiro atoms. The van der Waals surface area contributed by atoms with Gasteiger partial charge in [-0.05, 0) is 36.2 Å². The van der Waals surface area contributed by atoms with Gasteiger partial charge < -0.3 is 10.6 Å². The molecule has 158 valence electrons. The van der Waals surface area contributed by atoms with Crippen LogP contribution in [0.3, 0.4) is 0 Å². The molecule has 1 aliphatic rings. The first-order chi connectivity index (χ1) is 14.6. The summed E-state index contributed by atoms with van der Waals surface area (Å²) in [4.78, 5) is 29.0. The average molecular weight is 429 g/mol. The summed E-state index contributed by atoms with van der Waals surface area (Å²) in [5, 5.41) is 5.31. The van der Waals surface area contributed by atoms with Crippen LogP contribution in [-0.4, -0.2) is 16.8 Å². The summed E-state index contributed by atoms with van der Waals surface area (Å²) in [6.07, 6.45) is -2.16. The van der Waals surface area contributed by atoms with Gasteiger partial charge in [-0.1, -0.05) is 24.3 Å². The van der Waals surface area contributed by atoms with E-state index in [0.29, 0.717) is 23.8 Å². The molecule has 1 unspecified atom stereocenters. The van der Waals surface area contributed by atoms with E-state index in [1.165, 1.54) is 12.4 Å². The van der Waals surface area contributed by atoms with Crippen LogP contribution in [0.4, 0.5) is 23.2 Å². The van der Waals surface area contributed by atoms with E-state index in [1.54, 1.807) is 6.07 Å². The Morgan fingerprint density at radius 1 is 1.13 bits per heavy atom. The Kier molecular flexibility index (Phi) is 4.96. The predicted molar refractivity (Wildman–Crippen MR) is 104 cm³/mol. The number of alkyl halides is 3. The highest BCUT2D eigenvalue weighted by Crippen LogP contribution is 2.37. The molecule has 2 heterocycles. The zero-order valence-corrected chi connectivity index (χ0v) is 16.0. The number of amides is 2. The van der Waals surface area contributed by atoms with E-state index in [4.69, 9.17) is 0 Å². The highest BCUT2D eigenvalue weighted by molar-refractivity contribution is 6.07. The SMILES string of the molecule is Cc1ccccc1C1NC(=O)c2cncc(NC(=O)c3cc(F)cc(C(F)(F)F)c3)c21. The lowest BCUT2D eigenvalue weighted by molar-refractivity contribution is -0.137. The lowest BCUT2D eigenvalue weighted by Crippen LogP contribution is -2.21. The first kappa shape index (κ1) is 20.5. The largest absolute Gasteiger partial charge is 0.416 e. The van der Waals surface area contributed by atoms with Crippen LogP contribution < -0.4 is 10.6 Å². The van der Waals surface area contributed by atoms with Crippen molar-refractivity contribution in [2.75, 3.05) is 5.32 Å². The van der Waals surface area contributed by atoms with Gasteiger partial charge in [0.25, 0.3) is 11.8 Å². The highest BCUT2D eigenvalue weighted by Gasteiger charge is 2.35.